The van der Waals surface area contributed by atoms with E-state index in [9.17, 15) is 22.7 Å². The fourth-order valence-electron chi connectivity index (χ4n) is 1.58. The van der Waals surface area contributed by atoms with Crippen molar-refractivity contribution in [3.63, 3.8) is 0 Å². The predicted molar refractivity (Wildman–Crippen MR) is 61.9 cm³/mol. The Morgan fingerprint density at radius 2 is 1.89 bits per heavy atom. The van der Waals surface area contributed by atoms with Crippen LogP contribution in [-0.2, 0) is 6.18 Å². The summed E-state index contributed by atoms with van der Waals surface area (Å²) < 4.78 is 56.2. The highest BCUT2D eigenvalue weighted by Gasteiger charge is 2.35. The average Bonchev–Trinajstić information content (AvgIpc) is 2.73. The molecule has 102 valence electrons. The van der Waals surface area contributed by atoms with E-state index in [-0.39, 0.29) is 11.3 Å². The van der Waals surface area contributed by atoms with Gasteiger partial charge < -0.3 is 9.52 Å². The highest BCUT2D eigenvalue weighted by Crippen LogP contribution is 2.35. The number of aliphatic hydroxyl groups excluding tert-OH is 1. The number of furan rings is 1. The highest BCUT2D eigenvalue weighted by atomic mass is 79.9. The Morgan fingerprint density at radius 3 is 2.42 bits per heavy atom. The van der Waals surface area contributed by atoms with Crippen molar-refractivity contribution < 1.29 is 27.1 Å². The van der Waals surface area contributed by atoms with Crippen LogP contribution in [0.1, 0.15) is 23.0 Å². The van der Waals surface area contributed by atoms with Gasteiger partial charge in [-0.25, -0.2) is 4.39 Å². The second-order valence-electron chi connectivity index (χ2n) is 3.77. The Bertz CT molecular complexity index is 592. The quantitative estimate of drug-likeness (QED) is 0.829. The van der Waals surface area contributed by atoms with E-state index in [0.717, 1.165) is 6.07 Å². The molecule has 0 radical (unpaired) electrons. The smallest absolute Gasteiger partial charge is 0.419 e. The number of hydrogen-bond donors (Lipinski definition) is 1. The van der Waals surface area contributed by atoms with Crippen LogP contribution in [-0.4, -0.2) is 5.11 Å². The Balaban J connectivity index is 2.44. The summed E-state index contributed by atoms with van der Waals surface area (Å²) in [6.45, 7) is 0. The van der Waals surface area contributed by atoms with Gasteiger partial charge in [0.1, 0.15) is 11.9 Å². The lowest BCUT2D eigenvalue weighted by Crippen LogP contribution is -2.10. The largest absolute Gasteiger partial charge is 0.465 e. The normalized spacial score (nSPS) is 13.6. The van der Waals surface area contributed by atoms with Crippen LogP contribution >= 0.6 is 15.9 Å². The van der Waals surface area contributed by atoms with E-state index in [1.165, 1.54) is 12.3 Å². The van der Waals surface area contributed by atoms with Gasteiger partial charge >= 0.3 is 6.18 Å². The van der Waals surface area contributed by atoms with E-state index in [1.54, 1.807) is 0 Å². The standard InChI is InChI=1S/C12H7BrF4O2/c13-8-3-4-19-11(8)10(18)6-1-2-9(14)7(5-6)12(15,16)17/h1-5,10,18H. The van der Waals surface area contributed by atoms with Crippen LogP contribution in [0.15, 0.2) is 39.4 Å². The Hall–Kier alpha value is -1.34. The summed E-state index contributed by atoms with van der Waals surface area (Å²) in [6.07, 6.45) is -4.96. The fraction of sp³-hybridized carbons (Fsp3) is 0.167. The molecule has 2 aromatic rings. The Kier molecular flexibility index (Phi) is 3.69. The summed E-state index contributed by atoms with van der Waals surface area (Å²) in [5.41, 5.74) is -1.53. The number of hydrogen-bond acceptors (Lipinski definition) is 2. The van der Waals surface area contributed by atoms with Gasteiger partial charge in [0.2, 0.25) is 0 Å². The van der Waals surface area contributed by atoms with E-state index >= 15 is 0 Å². The van der Waals surface area contributed by atoms with Crippen LogP contribution in [0.2, 0.25) is 0 Å². The van der Waals surface area contributed by atoms with Gasteiger partial charge in [-0.1, -0.05) is 6.07 Å². The molecule has 1 aromatic heterocycles. The highest BCUT2D eigenvalue weighted by molar-refractivity contribution is 9.10. The third-order valence-electron chi connectivity index (χ3n) is 2.50. The lowest BCUT2D eigenvalue weighted by Gasteiger charge is -2.13. The number of alkyl halides is 3. The van der Waals surface area contributed by atoms with Crippen LogP contribution in [0.4, 0.5) is 17.6 Å². The van der Waals surface area contributed by atoms with Gasteiger partial charge in [-0.15, -0.1) is 0 Å². The lowest BCUT2D eigenvalue weighted by molar-refractivity contribution is -0.140. The average molecular weight is 339 g/mol. The van der Waals surface area contributed by atoms with Gasteiger partial charge in [-0.3, -0.25) is 0 Å². The topological polar surface area (TPSA) is 33.4 Å². The van der Waals surface area contributed by atoms with Crippen LogP contribution in [0, 0.1) is 5.82 Å². The first-order valence-electron chi connectivity index (χ1n) is 5.08. The molecule has 0 amide bonds. The van der Waals surface area contributed by atoms with E-state index in [2.05, 4.69) is 15.9 Å². The van der Waals surface area contributed by atoms with Crippen molar-refractivity contribution in [1.82, 2.24) is 0 Å². The minimum Gasteiger partial charge on any atom is -0.465 e. The number of benzene rings is 1. The maximum absolute atomic E-state index is 13.1. The molecule has 0 aliphatic carbocycles. The maximum atomic E-state index is 13.1. The van der Waals surface area contributed by atoms with Gasteiger partial charge in [0.25, 0.3) is 0 Å². The monoisotopic (exact) mass is 338 g/mol. The van der Waals surface area contributed by atoms with Crippen molar-refractivity contribution in [2.75, 3.05) is 0 Å². The first-order valence-corrected chi connectivity index (χ1v) is 5.87. The van der Waals surface area contributed by atoms with E-state index < -0.39 is 23.7 Å². The van der Waals surface area contributed by atoms with E-state index in [0.29, 0.717) is 16.6 Å². The molecule has 1 N–H and O–H groups in total. The molecular weight excluding hydrogens is 332 g/mol. The number of aliphatic hydroxyl groups is 1. The summed E-state index contributed by atoms with van der Waals surface area (Å²) >= 11 is 3.09. The second-order valence-corrected chi connectivity index (χ2v) is 4.63. The molecule has 0 saturated carbocycles. The third-order valence-corrected chi connectivity index (χ3v) is 3.16. The Labute approximate surface area is 113 Å². The molecule has 0 aliphatic rings. The SMILES string of the molecule is OC(c1ccc(F)c(C(F)(F)F)c1)c1occc1Br. The number of halogens is 5. The summed E-state index contributed by atoms with van der Waals surface area (Å²) in [6, 6.07) is 3.80. The number of rotatable bonds is 2. The lowest BCUT2D eigenvalue weighted by atomic mass is 10.0. The molecular formula is C12H7BrF4O2. The summed E-state index contributed by atoms with van der Waals surface area (Å²) in [4.78, 5) is 0. The van der Waals surface area contributed by atoms with Gasteiger partial charge in [-0.05, 0) is 39.7 Å². The molecule has 1 unspecified atom stereocenters. The van der Waals surface area contributed by atoms with Crippen molar-refractivity contribution in [3.8, 4) is 0 Å². The van der Waals surface area contributed by atoms with Gasteiger partial charge in [0.05, 0.1) is 16.3 Å². The zero-order valence-electron chi connectivity index (χ0n) is 9.21. The molecule has 19 heavy (non-hydrogen) atoms. The molecule has 0 spiro atoms. The van der Waals surface area contributed by atoms with Gasteiger partial charge in [0, 0.05) is 0 Å². The second kappa shape index (κ2) is 4.97. The van der Waals surface area contributed by atoms with E-state index in [1.807, 2.05) is 0 Å². The van der Waals surface area contributed by atoms with Crippen molar-refractivity contribution in [3.05, 3.63) is 57.7 Å². The zero-order valence-corrected chi connectivity index (χ0v) is 10.8. The third kappa shape index (κ3) is 2.82. The van der Waals surface area contributed by atoms with Gasteiger partial charge in [-0.2, -0.15) is 13.2 Å². The molecule has 1 heterocycles. The summed E-state index contributed by atoms with van der Waals surface area (Å²) in [5, 5.41) is 9.93. The minimum absolute atomic E-state index is 0.0553. The van der Waals surface area contributed by atoms with Crippen molar-refractivity contribution in [2.24, 2.45) is 0 Å². The molecule has 2 rings (SSSR count). The van der Waals surface area contributed by atoms with Gasteiger partial charge in [0.15, 0.2) is 5.76 Å². The van der Waals surface area contributed by atoms with Crippen LogP contribution < -0.4 is 0 Å². The van der Waals surface area contributed by atoms with Crippen molar-refractivity contribution >= 4 is 15.9 Å². The molecule has 0 saturated heterocycles. The van der Waals surface area contributed by atoms with Crippen LogP contribution in [0.3, 0.4) is 0 Å². The predicted octanol–water partition coefficient (Wildman–Crippen LogP) is 4.28. The molecule has 1 atom stereocenters. The molecule has 0 aliphatic heterocycles. The molecule has 2 nitrogen and oxygen atoms in total. The van der Waals surface area contributed by atoms with Crippen LogP contribution in [0.25, 0.3) is 0 Å². The summed E-state index contributed by atoms with van der Waals surface area (Å²) in [5.74, 6) is -1.33. The fourth-order valence-corrected chi connectivity index (χ4v) is 2.00. The van der Waals surface area contributed by atoms with E-state index in [4.69, 9.17) is 4.42 Å². The Morgan fingerprint density at radius 1 is 1.21 bits per heavy atom. The minimum atomic E-state index is -4.82. The first kappa shape index (κ1) is 14.1. The molecule has 0 bridgehead atoms. The zero-order chi connectivity index (χ0) is 14.2. The summed E-state index contributed by atoms with van der Waals surface area (Å²) in [7, 11) is 0. The molecule has 0 fully saturated rings. The van der Waals surface area contributed by atoms with Crippen LogP contribution in [0.5, 0.6) is 0 Å². The maximum Gasteiger partial charge on any atom is 0.419 e. The molecule has 7 heteroatoms. The molecule has 1 aromatic carbocycles. The van der Waals surface area contributed by atoms with Crippen molar-refractivity contribution in [1.29, 1.82) is 0 Å². The van der Waals surface area contributed by atoms with Crippen molar-refractivity contribution in [2.45, 2.75) is 12.3 Å². The first-order chi connectivity index (χ1) is 8.80.